The Labute approximate surface area is 165 Å². The van der Waals surface area contributed by atoms with Gasteiger partial charge in [0.15, 0.2) is 11.4 Å². The molecule has 1 aromatic carbocycles. The molecule has 1 amide bonds. The quantitative estimate of drug-likeness (QED) is 0.715. The first-order chi connectivity index (χ1) is 13.7. The van der Waals surface area contributed by atoms with Crippen LogP contribution in [0.15, 0.2) is 36.5 Å². The average molecular weight is 383 g/mol. The number of nitrogens with one attached hydrogen (secondary N) is 3. The molecule has 1 aliphatic heterocycles. The normalized spacial score (nSPS) is 22.9. The Hall–Kier alpha value is -2.38. The lowest BCUT2D eigenvalue weighted by molar-refractivity contribution is 0.0923. The van der Waals surface area contributed by atoms with Gasteiger partial charge in [-0.2, -0.15) is 5.10 Å². The van der Waals surface area contributed by atoms with Crippen molar-refractivity contribution in [1.82, 2.24) is 25.9 Å². The number of carbonyl (C=O) groups excluding carboxylic acids is 1. The van der Waals surface area contributed by atoms with Crippen LogP contribution in [0.2, 0.25) is 0 Å². The van der Waals surface area contributed by atoms with E-state index < -0.39 is 0 Å². The lowest BCUT2D eigenvalue weighted by atomic mass is 9.84. The van der Waals surface area contributed by atoms with Crippen molar-refractivity contribution in [3.63, 3.8) is 0 Å². The molecule has 0 radical (unpaired) electrons. The standard InChI is InChI=1S/C21H29N5O2/c1-28-18-14-26(17-10-6-3-7-11-17)25-20(18)21(27)22-19-13-16(23-24-19)12-15-8-4-2-5-9-15/h3,6-7,10-11,14-16,19,23-24H,2,4-5,8-9,12-13H2,1H3,(H,22,27). The molecule has 2 fully saturated rings. The Morgan fingerprint density at radius 3 is 2.75 bits per heavy atom. The highest BCUT2D eigenvalue weighted by Gasteiger charge is 2.29. The first kappa shape index (κ1) is 19.0. The SMILES string of the molecule is COc1cn(-c2ccccc2)nc1C(=O)NC1CC(CC2CCCCC2)NN1. The van der Waals surface area contributed by atoms with Gasteiger partial charge < -0.3 is 10.1 Å². The molecule has 1 aromatic heterocycles. The molecule has 1 aliphatic carbocycles. The van der Waals surface area contributed by atoms with Gasteiger partial charge in [0, 0.05) is 6.04 Å². The molecule has 1 saturated carbocycles. The Kier molecular flexibility index (Phi) is 5.92. The predicted molar refractivity (Wildman–Crippen MR) is 107 cm³/mol. The highest BCUT2D eigenvalue weighted by molar-refractivity contribution is 5.95. The molecule has 7 nitrogen and oxygen atoms in total. The summed E-state index contributed by atoms with van der Waals surface area (Å²) < 4.78 is 7.04. The van der Waals surface area contributed by atoms with Crippen LogP contribution in [-0.2, 0) is 0 Å². The fraction of sp³-hybridized carbons (Fsp3) is 0.524. The number of carbonyl (C=O) groups is 1. The van der Waals surface area contributed by atoms with E-state index in [9.17, 15) is 4.79 Å². The lowest BCUT2D eigenvalue weighted by Crippen LogP contribution is -2.44. The van der Waals surface area contributed by atoms with Gasteiger partial charge in [-0.15, -0.1) is 0 Å². The van der Waals surface area contributed by atoms with Gasteiger partial charge in [0.1, 0.15) is 0 Å². The van der Waals surface area contributed by atoms with Gasteiger partial charge in [-0.1, -0.05) is 50.3 Å². The average Bonchev–Trinajstić information content (AvgIpc) is 3.36. The molecule has 28 heavy (non-hydrogen) atoms. The van der Waals surface area contributed by atoms with Crippen LogP contribution in [0.5, 0.6) is 5.75 Å². The number of aromatic nitrogens is 2. The van der Waals surface area contributed by atoms with Crippen LogP contribution in [0.1, 0.15) is 55.4 Å². The minimum absolute atomic E-state index is 0.104. The molecule has 3 N–H and O–H groups in total. The van der Waals surface area contributed by atoms with Crippen LogP contribution in [0, 0.1) is 5.92 Å². The maximum Gasteiger partial charge on any atom is 0.276 e. The van der Waals surface area contributed by atoms with Crippen LogP contribution < -0.4 is 20.9 Å². The summed E-state index contributed by atoms with van der Waals surface area (Å²) in [6, 6.07) is 10.1. The number of nitrogens with zero attached hydrogens (tertiary/aromatic N) is 2. The topological polar surface area (TPSA) is 80.2 Å². The molecule has 2 atom stereocenters. The van der Waals surface area contributed by atoms with Crippen LogP contribution in [0.4, 0.5) is 0 Å². The Morgan fingerprint density at radius 2 is 2.00 bits per heavy atom. The van der Waals surface area contributed by atoms with E-state index in [2.05, 4.69) is 21.3 Å². The second-order valence-corrected chi connectivity index (χ2v) is 7.81. The van der Waals surface area contributed by atoms with E-state index in [4.69, 9.17) is 4.74 Å². The highest BCUT2D eigenvalue weighted by atomic mass is 16.5. The summed E-state index contributed by atoms with van der Waals surface area (Å²) in [5.41, 5.74) is 7.74. The van der Waals surface area contributed by atoms with Gasteiger partial charge >= 0.3 is 0 Å². The smallest absolute Gasteiger partial charge is 0.276 e. The van der Waals surface area contributed by atoms with E-state index in [1.165, 1.54) is 38.5 Å². The third-order valence-electron chi connectivity index (χ3n) is 5.77. The fourth-order valence-electron chi connectivity index (χ4n) is 4.30. The number of amides is 1. The maximum atomic E-state index is 12.8. The molecule has 2 aromatic rings. The highest BCUT2D eigenvalue weighted by Crippen LogP contribution is 2.29. The molecule has 1 saturated heterocycles. The largest absolute Gasteiger partial charge is 0.493 e. The van der Waals surface area contributed by atoms with E-state index >= 15 is 0 Å². The third-order valence-corrected chi connectivity index (χ3v) is 5.77. The van der Waals surface area contributed by atoms with Crippen molar-refractivity contribution < 1.29 is 9.53 Å². The van der Waals surface area contributed by atoms with Gasteiger partial charge in [0.05, 0.1) is 25.2 Å². The van der Waals surface area contributed by atoms with Gasteiger partial charge in [0.2, 0.25) is 0 Å². The summed E-state index contributed by atoms with van der Waals surface area (Å²) in [5.74, 6) is 1.04. The first-order valence-electron chi connectivity index (χ1n) is 10.2. The number of para-hydroxylation sites is 1. The molecular weight excluding hydrogens is 354 g/mol. The second-order valence-electron chi connectivity index (χ2n) is 7.81. The van der Waals surface area contributed by atoms with Crippen molar-refractivity contribution in [2.75, 3.05) is 7.11 Å². The van der Waals surface area contributed by atoms with E-state index in [0.29, 0.717) is 17.5 Å². The second kappa shape index (κ2) is 8.75. The maximum absolute atomic E-state index is 12.8. The number of hydrazine groups is 1. The molecule has 2 unspecified atom stereocenters. The van der Waals surface area contributed by atoms with Gasteiger partial charge in [-0.05, 0) is 30.9 Å². The van der Waals surface area contributed by atoms with E-state index in [1.54, 1.807) is 18.0 Å². The molecule has 2 aliphatic rings. The molecule has 0 bridgehead atoms. The summed E-state index contributed by atoms with van der Waals surface area (Å²) >= 11 is 0. The van der Waals surface area contributed by atoms with Crippen molar-refractivity contribution in [1.29, 1.82) is 0 Å². The molecule has 2 heterocycles. The number of methoxy groups -OCH3 is 1. The summed E-state index contributed by atoms with van der Waals surface area (Å²) in [6.45, 7) is 0. The van der Waals surface area contributed by atoms with Crippen molar-refractivity contribution in [2.24, 2.45) is 5.92 Å². The number of rotatable bonds is 6. The summed E-state index contributed by atoms with van der Waals surface area (Å²) in [5, 5.41) is 7.47. The zero-order chi connectivity index (χ0) is 19.3. The molecule has 7 heteroatoms. The molecular formula is C21H29N5O2. The van der Waals surface area contributed by atoms with Crippen LogP contribution in [-0.4, -0.2) is 35.0 Å². The number of benzene rings is 1. The third kappa shape index (κ3) is 4.36. The van der Waals surface area contributed by atoms with Gasteiger partial charge in [0.25, 0.3) is 5.91 Å². The zero-order valence-electron chi connectivity index (χ0n) is 16.4. The molecule has 150 valence electrons. The van der Waals surface area contributed by atoms with Crippen LogP contribution in [0.3, 0.4) is 0 Å². The Balaban J connectivity index is 1.36. The minimum atomic E-state index is -0.232. The Morgan fingerprint density at radius 1 is 1.21 bits per heavy atom. The summed E-state index contributed by atoms with van der Waals surface area (Å²) in [4.78, 5) is 12.8. The molecule has 4 rings (SSSR count). The van der Waals surface area contributed by atoms with E-state index in [1.807, 2.05) is 30.3 Å². The van der Waals surface area contributed by atoms with Crippen molar-refractivity contribution in [3.05, 3.63) is 42.2 Å². The van der Waals surface area contributed by atoms with Crippen molar-refractivity contribution in [2.45, 2.75) is 57.2 Å². The summed E-state index contributed by atoms with van der Waals surface area (Å²) in [7, 11) is 1.55. The zero-order valence-corrected chi connectivity index (χ0v) is 16.4. The minimum Gasteiger partial charge on any atom is -0.493 e. The van der Waals surface area contributed by atoms with Crippen molar-refractivity contribution >= 4 is 5.91 Å². The van der Waals surface area contributed by atoms with E-state index in [-0.39, 0.29) is 12.1 Å². The predicted octanol–water partition coefficient (Wildman–Crippen LogP) is 2.77. The first-order valence-corrected chi connectivity index (χ1v) is 10.2. The Bertz CT molecular complexity index is 785. The van der Waals surface area contributed by atoms with Gasteiger partial charge in [-0.25, -0.2) is 10.1 Å². The molecule has 0 spiro atoms. The lowest BCUT2D eigenvalue weighted by Gasteiger charge is -2.24. The number of hydrogen-bond acceptors (Lipinski definition) is 5. The monoisotopic (exact) mass is 383 g/mol. The van der Waals surface area contributed by atoms with Crippen LogP contribution in [0.25, 0.3) is 5.69 Å². The van der Waals surface area contributed by atoms with Crippen LogP contribution >= 0.6 is 0 Å². The van der Waals surface area contributed by atoms with Crippen molar-refractivity contribution in [3.8, 4) is 11.4 Å². The number of hydrogen-bond donors (Lipinski definition) is 3. The fourth-order valence-corrected chi connectivity index (χ4v) is 4.30. The summed E-state index contributed by atoms with van der Waals surface area (Å²) in [6.07, 6.45) is 10.4. The van der Waals surface area contributed by atoms with Gasteiger partial charge in [-0.3, -0.25) is 10.2 Å². The van der Waals surface area contributed by atoms with E-state index in [0.717, 1.165) is 18.0 Å². The number of ether oxygens (including phenoxy) is 1.